The lowest BCUT2D eigenvalue weighted by atomic mass is 9.84. The molecule has 0 fully saturated rings. The van der Waals surface area contributed by atoms with Crippen molar-refractivity contribution in [2.45, 2.75) is 18.8 Å². The summed E-state index contributed by atoms with van der Waals surface area (Å²) >= 11 is 0. The van der Waals surface area contributed by atoms with Crippen LogP contribution >= 0.6 is 0 Å². The predicted octanol–water partition coefficient (Wildman–Crippen LogP) is 17.2. The summed E-state index contributed by atoms with van der Waals surface area (Å²) in [5.41, 5.74) is 18.5. The first-order chi connectivity index (χ1) is 35.7. The summed E-state index contributed by atoms with van der Waals surface area (Å²) in [4.78, 5) is 15.7. The molecule has 72 heavy (non-hydrogen) atoms. The van der Waals surface area contributed by atoms with Gasteiger partial charge in [0.1, 0.15) is 22.3 Å². The minimum atomic E-state index is 0.322. The van der Waals surface area contributed by atoms with Crippen LogP contribution in [0.15, 0.2) is 233 Å². The van der Waals surface area contributed by atoms with Crippen LogP contribution in [0.5, 0.6) is 0 Å². The molecular formula is C66H42N4O2. The van der Waals surface area contributed by atoms with Gasteiger partial charge < -0.3 is 8.83 Å². The molecule has 0 N–H and O–H groups in total. The van der Waals surface area contributed by atoms with Crippen LogP contribution in [0.25, 0.3) is 128 Å². The second kappa shape index (κ2) is 16.1. The number of para-hydroxylation sites is 2. The Morgan fingerprint density at radius 3 is 1.85 bits per heavy atom. The summed E-state index contributed by atoms with van der Waals surface area (Å²) in [5, 5.41) is 6.38. The molecule has 6 nitrogen and oxygen atoms in total. The van der Waals surface area contributed by atoms with Gasteiger partial charge in [-0.15, -0.1) is 0 Å². The number of fused-ring (bicyclic) bond motifs is 12. The van der Waals surface area contributed by atoms with Gasteiger partial charge >= 0.3 is 0 Å². The molecule has 1 unspecified atom stereocenters. The van der Waals surface area contributed by atoms with Crippen molar-refractivity contribution in [1.29, 1.82) is 0 Å². The predicted molar refractivity (Wildman–Crippen MR) is 293 cm³/mol. The number of hydrogen-bond donors (Lipinski definition) is 0. The van der Waals surface area contributed by atoms with Crippen LogP contribution in [0.4, 0.5) is 0 Å². The minimum Gasteiger partial charge on any atom is -0.456 e. The van der Waals surface area contributed by atoms with Gasteiger partial charge in [0.2, 0.25) is 5.95 Å². The van der Waals surface area contributed by atoms with Crippen molar-refractivity contribution in [3.05, 3.63) is 241 Å². The first-order valence-corrected chi connectivity index (χ1v) is 24.7. The van der Waals surface area contributed by atoms with Crippen molar-refractivity contribution < 1.29 is 8.83 Å². The first kappa shape index (κ1) is 40.5. The molecule has 338 valence electrons. The molecule has 0 amide bonds. The fraction of sp³-hybridized carbons (Fsp3) is 0.0455. The van der Waals surface area contributed by atoms with E-state index in [1.165, 1.54) is 33.4 Å². The van der Waals surface area contributed by atoms with Gasteiger partial charge in [-0.3, -0.25) is 4.57 Å². The lowest BCUT2D eigenvalue weighted by molar-refractivity contribution is 0.668. The molecule has 0 aliphatic heterocycles. The maximum Gasteiger partial charge on any atom is 0.238 e. The number of nitrogens with zero attached hydrogens (tertiary/aromatic N) is 4. The highest BCUT2D eigenvalue weighted by Crippen LogP contribution is 2.45. The molecule has 4 aromatic heterocycles. The molecule has 15 rings (SSSR count). The van der Waals surface area contributed by atoms with E-state index in [4.69, 9.17) is 23.8 Å². The Labute approximate surface area is 414 Å². The third-order valence-corrected chi connectivity index (χ3v) is 15.0. The maximum atomic E-state index is 6.65. The zero-order chi connectivity index (χ0) is 47.3. The van der Waals surface area contributed by atoms with Gasteiger partial charge in [-0.25, -0.2) is 4.98 Å². The van der Waals surface area contributed by atoms with Crippen LogP contribution in [0.3, 0.4) is 0 Å². The second-order valence-electron chi connectivity index (χ2n) is 19.0. The fourth-order valence-corrected chi connectivity index (χ4v) is 11.6. The van der Waals surface area contributed by atoms with E-state index in [0.29, 0.717) is 23.5 Å². The monoisotopic (exact) mass is 922 g/mol. The molecule has 0 saturated carbocycles. The van der Waals surface area contributed by atoms with E-state index in [1.807, 2.05) is 60.7 Å². The van der Waals surface area contributed by atoms with Gasteiger partial charge in [0.25, 0.3) is 0 Å². The molecule has 0 bridgehead atoms. The fourth-order valence-electron chi connectivity index (χ4n) is 11.6. The number of benzene rings is 10. The first-order valence-electron chi connectivity index (χ1n) is 24.7. The van der Waals surface area contributed by atoms with Crippen molar-refractivity contribution in [2.24, 2.45) is 0 Å². The quantitative estimate of drug-likeness (QED) is 0.166. The Hall–Kier alpha value is -9.39. The van der Waals surface area contributed by atoms with E-state index in [1.54, 1.807) is 0 Å². The summed E-state index contributed by atoms with van der Waals surface area (Å²) in [6.07, 6.45) is 2.11. The van der Waals surface area contributed by atoms with Crippen molar-refractivity contribution in [3.63, 3.8) is 0 Å². The van der Waals surface area contributed by atoms with Crippen molar-refractivity contribution in [2.75, 3.05) is 0 Å². The molecule has 6 heteroatoms. The second-order valence-corrected chi connectivity index (χ2v) is 19.0. The van der Waals surface area contributed by atoms with Gasteiger partial charge in [0, 0.05) is 49.4 Å². The van der Waals surface area contributed by atoms with Crippen molar-refractivity contribution >= 4 is 65.7 Å². The molecule has 0 spiro atoms. The van der Waals surface area contributed by atoms with Crippen LogP contribution in [-0.4, -0.2) is 19.5 Å². The van der Waals surface area contributed by atoms with E-state index < -0.39 is 0 Å². The topological polar surface area (TPSA) is 69.9 Å². The van der Waals surface area contributed by atoms with E-state index in [9.17, 15) is 0 Å². The van der Waals surface area contributed by atoms with Gasteiger partial charge in [-0.2, -0.15) is 9.97 Å². The highest BCUT2D eigenvalue weighted by Gasteiger charge is 2.26. The molecule has 4 heterocycles. The number of furan rings is 2. The normalized spacial score (nSPS) is 13.6. The van der Waals surface area contributed by atoms with Crippen molar-refractivity contribution in [1.82, 2.24) is 19.5 Å². The van der Waals surface area contributed by atoms with Crippen LogP contribution in [0.1, 0.15) is 29.0 Å². The Morgan fingerprint density at radius 2 is 0.986 bits per heavy atom. The number of hydrogen-bond acceptors (Lipinski definition) is 5. The summed E-state index contributed by atoms with van der Waals surface area (Å²) in [7, 11) is 0. The van der Waals surface area contributed by atoms with Gasteiger partial charge in [0.05, 0.1) is 11.0 Å². The Morgan fingerprint density at radius 1 is 0.375 bits per heavy atom. The Kier molecular flexibility index (Phi) is 9.05. The average molecular weight is 923 g/mol. The van der Waals surface area contributed by atoms with Crippen LogP contribution < -0.4 is 0 Å². The molecule has 0 radical (unpaired) electrons. The highest BCUT2D eigenvalue weighted by atomic mass is 16.3. The zero-order valence-electron chi connectivity index (χ0n) is 39.0. The molecule has 1 aliphatic carbocycles. The maximum absolute atomic E-state index is 6.65. The summed E-state index contributed by atoms with van der Waals surface area (Å²) in [6.45, 7) is 0. The van der Waals surface area contributed by atoms with E-state index in [0.717, 1.165) is 106 Å². The third-order valence-electron chi connectivity index (χ3n) is 15.0. The van der Waals surface area contributed by atoms with Crippen LogP contribution in [0.2, 0.25) is 0 Å². The minimum absolute atomic E-state index is 0.322. The number of rotatable bonds is 6. The SMILES string of the molecule is c1ccc(-c2nc(-c3cccc4oc5ccccc5c34)nc(-n3c4ccccc4c4cc(-c5cccc6oc7ccc(-c8ccc9c(c8)-c8ccccc8CCC9c8ccccc8)cc7c56)ccc43)n2)cc1. The average Bonchev–Trinajstić information content (AvgIpc) is 4.09. The third kappa shape index (κ3) is 6.39. The lowest BCUT2D eigenvalue weighted by Gasteiger charge is -2.19. The van der Waals surface area contributed by atoms with Gasteiger partial charge in [-0.05, 0) is 118 Å². The van der Waals surface area contributed by atoms with Gasteiger partial charge in [0.15, 0.2) is 11.6 Å². The zero-order valence-corrected chi connectivity index (χ0v) is 39.0. The van der Waals surface area contributed by atoms with E-state index >= 15 is 0 Å². The van der Waals surface area contributed by atoms with Gasteiger partial charge in [-0.1, -0.05) is 170 Å². The molecule has 10 aromatic carbocycles. The number of aryl methyl sites for hydroxylation is 1. The summed E-state index contributed by atoms with van der Waals surface area (Å²) < 4.78 is 15.2. The highest BCUT2D eigenvalue weighted by molar-refractivity contribution is 6.16. The summed E-state index contributed by atoms with van der Waals surface area (Å²) in [5.74, 6) is 2.02. The van der Waals surface area contributed by atoms with Crippen molar-refractivity contribution in [3.8, 4) is 62.1 Å². The Bertz CT molecular complexity index is 4470. The molecule has 1 atom stereocenters. The molecule has 0 saturated heterocycles. The smallest absolute Gasteiger partial charge is 0.238 e. The summed E-state index contributed by atoms with van der Waals surface area (Å²) in [6, 6.07) is 79.8. The van der Waals surface area contributed by atoms with E-state index in [-0.39, 0.29) is 0 Å². The largest absolute Gasteiger partial charge is 0.456 e. The van der Waals surface area contributed by atoms with Crippen LogP contribution in [0, 0.1) is 0 Å². The molecular weight excluding hydrogens is 881 g/mol. The van der Waals surface area contributed by atoms with E-state index in [2.05, 4.69) is 168 Å². The Balaban J connectivity index is 0.884. The molecule has 14 aromatic rings. The standard InChI is InChI=1S/C66H42N4O2/c1-3-15-40(16-4-1)47-33-29-41-17-7-8-20-46(41)53-37-43(30-34-49(47)53)44-32-36-59-55(38-44)62-48(23-13-27-60(62)72-59)45-31-35-57-54(39-45)50-21-9-11-25-56(50)70(57)66-68-64(42-18-5-2-6-19-42)67-65(69-66)52-24-14-28-61-63(52)51-22-10-12-26-58(51)71-61/h1-28,30-32,34-39,47H,29,33H2. The molecule has 1 aliphatic rings. The number of aromatic nitrogens is 4. The lowest BCUT2D eigenvalue weighted by Crippen LogP contribution is -2.06. The van der Waals surface area contributed by atoms with Crippen LogP contribution in [-0.2, 0) is 6.42 Å².